The Labute approximate surface area is 175 Å². The van der Waals surface area contributed by atoms with Crippen LogP contribution in [-0.4, -0.2) is 62.9 Å². The molecule has 0 spiro atoms. The van der Waals surface area contributed by atoms with Gasteiger partial charge in [-0.05, 0) is 12.1 Å². The number of phenolic OH excluding ortho intramolecular Hbond substituents is 1. The molecule has 0 radical (unpaired) electrons. The fourth-order valence-corrected chi connectivity index (χ4v) is 3.94. The monoisotopic (exact) mass is 450 g/mol. The van der Waals surface area contributed by atoms with Crippen LogP contribution in [0, 0.1) is 0 Å². The number of carbonyl (C=O) groups is 1. The maximum Gasteiger partial charge on any atom is 0.362 e. The Morgan fingerprint density at radius 3 is 2.87 bits per heavy atom. The molecule has 0 saturated carbocycles. The first-order valence-electron chi connectivity index (χ1n) is 9.01. The van der Waals surface area contributed by atoms with Crippen LogP contribution in [0.25, 0.3) is 11.2 Å². The van der Waals surface area contributed by atoms with Gasteiger partial charge in [-0.2, -0.15) is 8.42 Å². The summed E-state index contributed by atoms with van der Waals surface area (Å²) in [4.78, 5) is 24.0. The average molecular weight is 450 g/mol. The number of carbonyl (C=O) groups excluding carboxylic acids is 1. The van der Waals surface area contributed by atoms with Crippen LogP contribution in [0.1, 0.15) is 23.0 Å². The molecule has 1 fully saturated rings. The molecule has 14 heteroatoms. The van der Waals surface area contributed by atoms with Crippen molar-refractivity contribution >= 4 is 33.2 Å². The van der Waals surface area contributed by atoms with Crippen LogP contribution in [0.15, 0.2) is 36.9 Å². The number of para-hydroxylation sites is 1. The minimum absolute atomic E-state index is 0.0564. The van der Waals surface area contributed by atoms with Gasteiger partial charge in [0.25, 0.3) is 5.91 Å². The zero-order valence-corrected chi connectivity index (χ0v) is 16.6. The maximum atomic E-state index is 12.1. The number of nitrogen functional groups attached to an aromatic ring is 1. The number of anilines is 1. The molecule has 1 amide bonds. The van der Waals surface area contributed by atoms with Gasteiger partial charge in [-0.1, -0.05) is 12.1 Å². The highest BCUT2D eigenvalue weighted by Gasteiger charge is 2.37. The molecule has 31 heavy (non-hydrogen) atoms. The van der Waals surface area contributed by atoms with Crippen molar-refractivity contribution in [1.29, 1.82) is 0 Å². The topological polar surface area (TPSA) is 192 Å². The minimum atomic E-state index is -4.49. The summed E-state index contributed by atoms with van der Waals surface area (Å²) < 4.78 is 37.9. The predicted octanol–water partition coefficient (Wildman–Crippen LogP) is -0.546. The van der Waals surface area contributed by atoms with Crippen LogP contribution in [0.5, 0.6) is 5.75 Å². The van der Waals surface area contributed by atoms with E-state index in [0.29, 0.717) is 11.2 Å². The van der Waals surface area contributed by atoms with E-state index >= 15 is 0 Å². The number of imidazole rings is 1. The Hall–Kier alpha value is -3.33. The SMILES string of the molecule is Nc1ncnc2ncn([C@@H]3O[C@H](COS(=O)(=O)NC(=O)c4ccccc4O)C[C@H]3O)c12. The van der Waals surface area contributed by atoms with E-state index in [4.69, 9.17) is 14.7 Å². The smallest absolute Gasteiger partial charge is 0.362 e. The molecule has 1 saturated heterocycles. The number of aliphatic hydroxyl groups is 1. The van der Waals surface area contributed by atoms with Crippen molar-refractivity contribution in [2.24, 2.45) is 0 Å². The Morgan fingerprint density at radius 1 is 1.32 bits per heavy atom. The van der Waals surface area contributed by atoms with Gasteiger partial charge in [0.2, 0.25) is 0 Å². The van der Waals surface area contributed by atoms with E-state index in [2.05, 4.69) is 15.0 Å². The molecule has 2 aromatic heterocycles. The van der Waals surface area contributed by atoms with Crippen LogP contribution in [0.2, 0.25) is 0 Å². The maximum absolute atomic E-state index is 12.1. The van der Waals surface area contributed by atoms with Gasteiger partial charge < -0.3 is 20.7 Å². The third-order valence-electron chi connectivity index (χ3n) is 4.61. The molecule has 13 nitrogen and oxygen atoms in total. The number of phenols is 1. The second-order valence-electron chi connectivity index (χ2n) is 6.72. The number of rotatable bonds is 6. The van der Waals surface area contributed by atoms with Gasteiger partial charge in [0, 0.05) is 6.42 Å². The molecule has 1 aliphatic heterocycles. The zero-order chi connectivity index (χ0) is 22.2. The number of hydrogen-bond donors (Lipinski definition) is 4. The number of aromatic nitrogens is 4. The normalized spacial score (nSPS) is 21.4. The average Bonchev–Trinajstić information content (AvgIpc) is 3.30. The summed E-state index contributed by atoms with van der Waals surface area (Å²) in [5.41, 5.74) is 6.32. The van der Waals surface area contributed by atoms with E-state index in [0.717, 1.165) is 0 Å². The number of nitrogens with zero attached hydrogens (tertiary/aromatic N) is 4. The van der Waals surface area contributed by atoms with Gasteiger partial charge in [-0.15, -0.1) is 0 Å². The summed E-state index contributed by atoms with van der Waals surface area (Å²) in [5, 5.41) is 20.0. The van der Waals surface area contributed by atoms with Crippen LogP contribution >= 0.6 is 0 Å². The predicted molar refractivity (Wildman–Crippen MR) is 105 cm³/mol. The Morgan fingerprint density at radius 2 is 2.10 bits per heavy atom. The van der Waals surface area contributed by atoms with Gasteiger partial charge in [-0.3, -0.25) is 13.5 Å². The van der Waals surface area contributed by atoms with Crippen molar-refractivity contribution in [3.63, 3.8) is 0 Å². The summed E-state index contributed by atoms with van der Waals surface area (Å²) in [6, 6.07) is 5.45. The summed E-state index contributed by atoms with van der Waals surface area (Å²) in [7, 11) is -4.49. The van der Waals surface area contributed by atoms with Gasteiger partial charge in [0.15, 0.2) is 17.7 Å². The molecule has 5 N–H and O–H groups in total. The van der Waals surface area contributed by atoms with E-state index in [-0.39, 0.29) is 23.6 Å². The van der Waals surface area contributed by atoms with Gasteiger partial charge in [0.1, 0.15) is 30.0 Å². The lowest BCUT2D eigenvalue weighted by molar-refractivity contribution is -0.0450. The second kappa shape index (κ2) is 8.07. The lowest BCUT2D eigenvalue weighted by Gasteiger charge is -2.17. The standard InChI is InChI=1S/C17H18N6O7S/c18-14-13-15(20-7-19-14)21-8-23(13)17-12(25)5-9(30-17)6-29-31(27,28)22-16(26)10-3-1-2-4-11(10)24/h1-4,7-9,12,17,24-25H,5-6H2,(H,22,26)(H2,18,19,20)/t9-,12+,17+/m0/s1. The zero-order valence-electron chi connectivity index (χ0n) is 15.8. The lowest BCUT2D eigenvalue weighted by Crippen LogP contribution is -2.34. The molecule has 3 atom stereocenters. The number of aromatic hydroxyl groups is 1. The number of nitrogens with two attached hydrogens (primary N) is 1. The van der Waals surface area contributed by atoms with E-state index in [9.17, 15) is 23.4 Å². The second-order valence-corrected chi connectivity index (χ2v) is 8.07. The molecule has 0 bridgehead atoms. The number of ether oxygens (including phenoxy) is 1. The molecule has 1 aliphatic rings. The largest absolute Gasteiger partial charge is 0.507 e. The first kappa shape index (κ1) is 20.9. The summed E-state index contributed by atoms with van der Waals surface area (Å²) in [5.74, 6) is -1.28. The first-order valence-corrected chi connectivity index (χ1v) is 10.4. The molecule has 0 aliphatic carbocycles. The third kappa shape index (κ3) is 4.27. The summed E-state index contributed by atoms with van der Waals surface area (Å²) in [6.45, 7) is -0.463. The number of fused-ring (bicyclic) bond motifs is 1. The molecule has 164 valence electrons. The third-order valence-corrected chi connectivity index (χ3v) is 5.49. The van der Waals surface area contributed by atoms with Crippen LogP contribution in [0.3, 0.4) is 0 Å². The number of amides is 1. The minimum Gasteiger partial charge on any atom is -0.507 e. The molecular weight excluding hydrogens is 432 g/mol. The fraction of sp³-hybridized carbons (Fsp3) is 0.294. The number of aliphatic hydroxyl groups excluding tert-OH is 1. The van der Waals surface area contributed by atoms with Crippen molar-refractivity contribution in [3.8, 4) is 5.75 Å². The Kier molecular flexibility index (Phi) is 5.45. The van der Waals surface area contributed by atoms with Gasteiger partial charge in [-0.25, -0.2) is 19.7 Å². The molecular formula is C17H18N6O7S. The highest BCUT2D eigenvalue weighted by atomic mass is 32.2. The number of benzene rings is 1. The van der Waals surface area contributed by atoms with Gasteiger partial charge >= 0.3 is 10.3 Å². The summed E-state index contributed by atoms with van der Waals surface area (Å²) in [6.07, 6.45) is -0.0297. The lowest BCUT2D eigenvalue weighted by atomic mass is 10.2. The Balaban J connectivity index is 1.40. The van der Waals surface area contributed by atoms with Crippen LogP contribution in [-0.2, 0) is 19.2 Å². The molecule has 0 unspecified atom stereocenters. The first-order chi connectivity index (χ1) is 14.7. The van der Waals surface area contributed by atoms with Crippen molar-refractivity contribution in [2.75, 3.05) is 12.3 Å². The number of nitrogens with one attached hydrogen (secondary N) is 1. The highest BCUT2D eigenvalue weighted by molar-refractivity contribution is 7.85. The quantitative estimate of drug-likeness (QED) is 0.377. The van der Waals surface area contributed by atoms with E-state index < -0.39 is 41.3 Å². The molecule has 4 rings (SSSR count). The van der Waals surface area contributed by atoms with Crippen molar-refractivity contribution < 1.29 is 32.3 Å². The molecule has 1 aromatic carbocycles. The van der Waals surface area contributed by atoms with Crippen molar-refractivity contribution in [2.45, 2.75) is 24.9 Å². The van der Waals surface area contributed by atoms with Crippen molar-refractivity contribution in [3.05, 3.63) is 42.5 Å². The van der Waals surface area contributed by atoms with Gasteiger partial charge in [0.05, 0.1) is 18.3 Å². The summed E-state index contributed by atoms with van der Waals surface area (Å²) >= 11 is 0. The molecule has 3 aromatic rings. The van der Waals surface area contributed by atoms with Crippen LogP contribution in [0.4, 0.5) is 5.82 Å². The van der Waals surface area contributed by atoms with E-state index in [1.165, 1.54) is 41.5 Å². The Bertz CT molecular complexity index is 1230. The van der Waals surface area contributed by atoms with E-state index in [1.807, 2.05) is 0 Å². The molecule has 3 heterocycles. The fourth-order valence-electron chi connectivity index (χ4n) is 3.21. The van der Waals surface area contributed by atoms with Crippen LogP contribution < -0.4 is 10.5 Å². The number of hydrogen-bond acceptors (Lipinski definition) is 11. The van der Waals surface area contributed by atoms with Crippen molar-refractivity contribution in [1.82, 2.24) is 24.2 Å². The highest BCUT2D eigenvalue weighted by Crippen LogP contribution is 2.32. The van der Waals surface area contributed by atoms with E-state index in [1.54, 1.807) is 4.72 Å².